The van der Waals surface area contributed by atoms with E-state index in [0.717, 1.165) is 15.8 Å². The summed E-state index contributed by atoms with van der Waals surface area (Å²) in [4.78, 5) is 0. The van der Waals surface area contributed by atoms with Gasteiger partial charge in [0.05, 0.1) is 17.6 Å². The van der Waals surface area contributed by atoms with Crippen LogP contribution in [0.15, 0.2) is 34.3 Å². The minimum Gasteiger partial charge on any atom is -0.496 e. The molecule has 1 atom stereocenters. The Hall–Kier alpha value is -0.840. The lowest BCUT2D eigenvalue weighted by Gasteiger charge is -2.14. The number of nitrogens with one attached hydrogen (secondary N) is 1. The number of hydrazine groups is 1. The Balaban J connectivity index is 3.03. The largest absolute Gasteiger partial charge is 0.496 e. The maximum absolute atomic E-state index is 5.53. The van der Waals surface area contributed by atoms with Gasteiger partial charge in [-0.1, -0.05) is 17.7 Å². The maximum atomic E-state index is 5.53. The van der Waals surface area contributed by atoms with Gasteiger partial charge in [0.2, 0.25) is 0 Å². The van der Waals surface area contributed by atoms with Gasteiger partial charge in [0.15, 0.2) is 0 Å². The number of nitrogens with two attached hydrogens (primary N) is 1. The van der Waals surface area contributed by atoms with E-state index >= 15 is 0 Å². The molecule has 3 N–H and O–H groups in total. The maximum Gasteiger partial charge on any atom is 0.133 e. The molecule has 0 amide bonds. The van der Waals surface area contributed by atoms with E-state index in [9.17, 15) is 0 Å². The lowest BCUT2D eigenvalue weighted by molar-refractivity contribution is 0.412. The first kappa shape index (κ1) is 13.2. The first-order valence-corrected chi connectivity index (χ1v) is 5.82. The highest BCUT2D eigenvalue weighted by Crippen LogP contribution is 2.28. The molecular formula is C12H17BrN2O. The molecule has 0 aliphatic rings. The summed E-state index contributed by atoms with van der Waals surface area (Å²) in [6.07, 6.45) is 2.08. The first-order chi connectivity index (χ1) is 7.58. The molecule has 0 aromatic heterocycles. The summed E-state index contributed by atoms with van der Waals surface area (Å²) in [5.41, 5.74) is 5.09. The summed E-state index contributed by atoms with van der Waals surface area (Å²) in [6, 6.07) is 5.94. The average Bonchev–Trinajstić information content (AvgIpc) is 2.25. The van der Waals surface area contributed by atoms with Gasteiger partial charge < -0.3 is 4.74 Å². The normalized spacial score (nSPS) is 12.1. The van der Waals surface area contributed by atoms with Gasteiger partial charge >= 0.3 is 0 Å². The van der Waals surface area contributed by atoms with E-state index in [1.807, 2.05) is 32.0 Å². The van der Waals surface area contributed by atoms with Crippen molar-refractivity contribution in [3.8, 4) is 5.75 Å². The standard InChI is InChI=1S/C12H17BrN2O/c1-8(2)6-11(15-14)9-4-5-12(16-3)10(13)7-9/h4-7,11,15H,14H2,1-3H3. The van der Waals surface area contributed by atoms with Crippen molar-refractivity contribution in [3.63, 3.8) is 0 Å². The van der Waals surface area contributed by atoms with Crippen molar-refractivity contribution < 1.29 is 4.74 Å². The molecule has 0 spiro atoms. The number of hydrogen-bond acceptors (Lipinski definition) is 3. The summed E-state index contributed by atoms with van der Waals surface area (Å²) in [5.74, 6) is 6.35. The lowest BCUT2D eigenvalue weighted by atomic mass is 10.1. The van der Waals surface area contributed by atoms with Crippen molar-refractivity contribution in [2.45, 2.75) is 19.9 Å². The van der Waals surface area contributed by atoms with Gasteiger partial charge in [0, 0.05) is 0 Å². The van der Waals surface area contributed by atoms with Crippen molar-refractivity contribution in [2.75, 3.05) is 7.11 Å². The molecule has 1 unspecified atom stereocenters. The number of halogens is 1. The van der Waals surface area contributed by atoms with Gasteiger partial charge in [-0.3, -0.25) is 5.84 Å². The Morgan fingerprint density at radius 2 is 2.19 bits per heavy atom. The van der Waals surface area contributed by atoms with E-state index in [1.165, 1.54) is 5.57 Å². The smallest absolute Gasteiger partial charge is 0.133 e. The Morgan fingerprint density at radius 3 is 2.62 bits per heavy atom. The van der Waals surface area contributed by atoms with Gasteiger partial charge in [-0.15, -0.1) is 0 Å². The zero-order valence-corrected chi connectivity index (χ0v) is 11.3. The van der Waals surface area contributed by atoms with E-state index in [0.29, 0.717) is 0 Å². The van der Waals surface area contributed by atoms with Gasteiger partial charge in [-0.05, 0) is 47.5 Å². The Labute approximate surface area is 105 Å². The molecule has 3 nitrogen and oxygen atoms in total. The van der Waals surface area contributed by atoms with Gasteiger partial charge in [0.1, 0.15) is 5.75 Å². The van der Waals surface area contributed by atoms with Crippen molar-refractivity contribution in [1.29, 1.82) is 0 Å². The van der Waals surface area contributed by atoms with Crippen LogP contribution in [0.3, 0.4) is 0 Å². The fourth-order valence-corrected chi connectivity index (χ4v) is 2.01. The number of rotatable bonds is 4. The number of allylic oxidation sites excluding steroid dienone is 1. The molecule has 0 fully saturated rings. The fourth-order valence-electron chi connectivity index (χ4n) is 1.45. The number of methoxy groups -OCH3 is 1. The molecule has 0 saturated carbocycles. The molecule has 4 heteroatoms. The molecule has 1 rings (SSSR count). The van der Waals surface area contributed by atoms with Crippen LogP contribution in [0.5, 0.6) is 5.75 Å². The second kappa shape index (κ2) is 6.03. The summed E-state index contributed by atoms with van der Waals surface area (Å²) < 4.78 is 6.11. The fraction of sp³-hybridized carbons (Fsp3) is 0.333. The minimum atomic E-state index is 0.0206. The molecule has 0 aliphatic carbocycles. The molecule has 0 saturated heterocycles. The number of hydrogen-bond donors (Lipinski definition) is 2. The molecule has 1 aromatic carbocycles. The molecule has 16 heavy (non-hydrogen) atoms. The van der Waals surface area contributed by atoms with Crippen LogP contribution in [0.25, 0.3) is 0 Å². The molecule has 1 aromatic rings. The lowest BCUT2D eigenvalue weighted by Crippen LogP contribution is -2.26. The van der Waals surface area contributed by atoms with Crippen LogP contribution in [0.4, 0.5) is 0 Å². The third kappa shape index (κ3) is 3.33. The molecule has 0 heterocycles. The number of benzene rings is 1. The highest BCUT2D eigenvalue weighted by atomic mass is 79.9. The van der Waals surface area contributed by atoms with E-state index in [4.69, 9.17) is 10.6 Å². The summed E-state index contributed by atoms with van der Waals surface area (Å²) in [5, 5.41) is 0. The van der Waals surface area contributed by atoms with Crippen LogP contribution in [0.2, 0.25) is 0 Å². The Kier molecular flexibility index (Phi) is 4.99. The monoisotopic (exact) mass is 284 g/mol. The topological polar surface area (TPSA) is 47.3 Å². The van der Waals surface area contributed by atoms with Crippen LogP contribution >= 0.6 is 15.9 Å². The van der Waals surface area contributed by atoms with Crippen LogP contribution in [-0.4, -0.2) is 7.11 Å². The quantitative estimate of drug-likeness (QED) is 0.508. The van der Waals surface area contributed by atoms with Crippen molar-refractivity contribution in [1.82, 2.24) is 5.43 Å². The molecule has 0 radical (unpaired) electrons. The minimum absolute atomic E-state index is 0.0206. The summed E-state index contributed by atoms with van der Waals surface area (Å²) >= 11 is 3.46. The van der Waals surface area contributed by atoms with E-state index in [1.54, 1.807) is 7.11 Å². The van der Waals surface area contributed by atoms with E-state index < -0.39 is 0 Å². The van der Waals surface area contributed by atoms with Gasteiger partial charge in [-0.25, -0.2) is 5.43 Å². The highest BCUT2D eigenvalue weighted by Gasteiger charge is 2.08. The van der Waals surface area contributed by atoms with Crippen LogP contribution < -0.4 is 16.0 Å². The first-order valence-electron chi connectivity index (χ1n) is 5.03. The summed E-state index contributed by atoms with van der Waals surface area (Å²) in [6.45, 7) is 4.09. The van der Waals surface area contributed by atoms with Gasteiger partial charge in [0.25, 0.3) is 0 Å². The second-order valence-electron chi connectivity index (χ2n) is 3.78. The third-order valence-corrected chi connectivity index (χ3v) is 2.83. The predicted octanol–water partition coefficient (Wildman–Crippen LogP) is 2.93. The SMILES string of the molecule is COc1ccc(C(C=C(C)C)NN)cc1Br. The molecular weight excluding hydrogens is 268 g/mol. The van der Waals surface area contributed by atoms with Crippen molar-refractivity contribution >= 4 is 15.9 Å². The number of ether oxygens (including phenoxy) is 1. The predicted molar refractivity (Wildman–Crippen MR) is 70.2 cm³/mol. The zero-order valence-electron chi connectivity index (χ0n) is 9.75. The van der Waals surface area contributed by atoms with E-state index in [2.05, 4.69) is 27.4 Å². The third-order valence-electron chi connectivity index (χ3n) is 2.21. The van der Waals surface area contributed by atoms with E-state index in [-0.39, 0.29) is 6.04 Å². The van der Waals surface area contributed by atoms with Crippen LogP contribution in [0, 0.1) is 0 Å². The van der Waals surface area contributed by atoms with Gasteiger partial charge in [-0.2, -0.15) is 0 Å². The van der Waals surface area contributed by atoms with Crippen molar-refractivity contribution in [3.05, 3.63) is 39.9 Å². The molecule has 0 aliphatic heterocycles. The highest BCUT2D eigenvalue weighted by molar-refractivity contribution is 9.10. The van der Waals surface area contributed by atoms with Crippen LogP contribution in [-0.2, 0) is 0 Å². The van der Waals surface area contributed by atoms with Crippen LogP contribution in [0.1, 0.15) is 25.5 Å². The molecule has 88 valence electrons. The second-order valence-corrected chi connectivity index (χ2v) is 4.64. The summed E-state index contributed by atoms with van der Waals surface area (Å²) in [7, 11) is 1.65. The average molecular weight is 285 g/mol. The van der Waals surface area contributed by atoms with Crippen molar-refractivity contribution in [2.24, 2.45) is 5.84 Å². The zero-order chi connectivity index (χ0) is 12.1. The Morgan fingerprint density at radius 1 is 1.50 bits per heavy atom. The molecule has 0 bridgehead atoms. The Bertz CT molecular complexity index is 387.